The number of rotatable bonds is 4. The fourth-order valence-corrected chi connectivity index (χ4v) is 7.09. The number of furan rings is 1. The van der Waals surface area contributed by atoms with E-state index in [1.807, 2.05) is 72.8 Å². The molecule has 0 aliphatic heterocycles. The normalized spacial score (nSPS) is 15.4. The molecule has 0 aliphatic carbocycles. The van der Waals surface area contributed by atoms with Gasteiger partial charge < -0.3 is 4.42 Å². The van der Waals surface area contributed by atoms with Gasteiger partial charge in [0.25, 0.3) is 0 Å². The molecule has 1 aromatic heterocycles. The maximum absolute atomic E-state index is 9.40. The monoisotopic (exact) mass is 635 g/mol. The second-order valence-electron chi connectivity index (χ2n) is 11.8. The van der Waals surface area contributed by atoms with Crippen molar-refractivity contribution >= 4 is 54.3 Å². The lowest BCUT2D eigenvalue weighted by Crippen LogP contribution is -1.92. The lowest BCUT2D eigenvalue weighted by atomic mass is 9.84. The Morgan fingerprint density at radius 2 is 0.939 bits per heavy atom. The maximum Gasteiger partial charge on any atom is 0.143 e. The van der Waals surface area contributed by atoms with E-state index in [0.29, 0.717) is 27.5 Å². The van der Waals surface area contributed by atoms with Crippen LogP contribution in [-0.2, 0) is 0 Å². The summed E-state index contributed by atoms with van der Waals surface area (Å²) in [7, 11) is 0. The van der Waals surface area contributed by atoms with Crippen LogP contribution in [0.25, 0.3) is 98.8 Å². The minimum atomic E-state index is -0.717. The fourth-order valence-electron chi connectivity index (χ4n) is 7.09. The minimum Gasteiger partial charge on any atom is -0.455 e. The highest BCUT2D eigenvalue weighted by atomic mass is 16.3. The van der Waals surface area contributed by atoms with E-state index in [-0.39, 0.29) is 32.7 Å². The molecule has 0 unspecified atom stereocenters. The highest BCUT2D eigenvalue weighted by Crippen LogP contribution is 2.47. The molecule has 1 nitrogen and oxygen atoms in total. The van der Waals surface area contributed by atoms with Gasteiger partial charge in [-0.2, -0.15) is 0 Å². The zero-order valence-corrected chi connectivity index (χ0v) is 25.7. The van der Waals surface area contributed by atoms with Crippen molar-refractivity contribution < 1.29 is 22.2 Å². The number of benzene rings is 9. The molecule has 0 bridgehead atoms. The smallest absolute Gasteiger partial charge is 0.143 e. The third-order valence-electron chi connectivity index (χ3n) is 9.21. The molecule has 9 aromatic carbocycles. The van der Waals surface area contributed by atoms with Crippen molar-refractivity contribution in [3.05, 3.63) is 182 Å². The third kappa shape index (κ3) is 4.33. The van der Waals surface area contributed by atoms with Crippen LogP contribution in [0.1, 0.15) is 17.8 Å². The molecule has 49 heavy (non-hydrogen) atoms. The number of fused-ring (bicyclic) bond motifs is 6. The van der Waals surface area contributed by atoms with Crippen molar-refractivity contribution in [1.82, 2.24) is 0 Å². The quantitative estimate of drug-likeness (QED) is 0.175. The number of para-hydroxylation sites is 1. The van der Waals surface area contributed by atoms with Gasteiger partial charge in [0.2, 0.25) is 0 Å². The first-order valence-corrected chi connectivity index (χ1v) is 15.8. The molecule has 0 saturated carbocycles. The number of hydrogen-bond acceptors (Lipinski definition) is 1. The lowest BCUT2D eigenvalue weighted by Gasteiger charge is -2.19. The van der Waals surface area contributed by atoms with Crippen molar-refractivity contribution in [1.29, 1.82) is 0 Å². The van der Waals surface area contributed by atoms with E-state index in [0.717, 1.165) is 33.0 Å². The minimum absolute atomic E-state index is 0.0725. The molecule has 1 heterocycles. The summed E-state index contributed by atoms with van der Waals surface area (Å²) >= 11 is 0. The van der Waals surface area contributed by atoms with Crippen molar-refractivity contribution in [2.75, 3.05) is 0 Å². The second kappa shape index (κ2) is 11.1. The average molecular weight is 636 g/mol. The van der Waals surface area contributed by atoms with Crippen LogP contribution < -0.4 is 0 Å². The van der Waals surface area contributed by atoms with Gasteiger partial charge in [-0.25, -0.2) is 0 Å². The molecule has 10 rings (SSSR count). The first-order chi connectivity index (χ1) is 29.7. The number of hydrogen-bond donors (Lipinski definition) is 0. The largest absolute Gasteiger partial charge is 0.455 e. The molecule has 0 saturated heterocycles. The molecule has 0 radical (unpaired) electrons. The molecule has 1 heteroatoms. The van der Waals surface area contributed by atoms with Crippen LogP contribution in [0.2, 0.25) is 0 Å². The molecule has 10 aromatic rings. The Bertz CT molecular complexity index is 3510. The molecule has 0 spiro atoms. The van der Waals surface area contributed by atoms with Crippen LogP contribution in [0.4, 0.5) is 0 Å². The van der Waals surface area contributed by atoms with Crippen LogP contribution in [0, 0.1) is 0 Å². The Labute approximate surface area is 302 Å². The van der Waals surface area contributed by atoms with Gasteiger partial charge in [0.1, 0.15) is 11.2 Å². The van der Waals surface area contributed by atoms with Gasteiger partial charge in [-0.05, 0) is 83.4 Å². The van der Waals surface area contributed by atoms with E-state index >= 15 is 0 Å². The molecule has 0 aliphatic rings. The molecule has 0 amide bonds. The molecular weight excluding hydrogens is 593 g/mol. The van der Waals surface area contributed by atoms with Gasteiger partial charge in [0, 0.05) is 16.3 Å². The standard InChI is InChI=1S/C48H30O/c1-3-14-31(15-4-1)33-26-29-45-44(30-33)43-25-13-24-42(48(43)49-45)36-27-28-41(35-19-8-7-18-34(35)36)47-39-22-11-9-20-37(39)46(32-16-5-2-6-17-32)38-21-10-12-23-40(38)47/h1-30H/i2D,5D,6D,9D,10D,11D,12D,16D,17D,20D,21D,22D,23D. The van der Waals surface area contributed by atoms with Crippen LogP contribution >= 0.6 is 0 Å². The van der Waals surface area contributed by atoms with Crippen molar-refractivity contribution in [2.45, 2.75) is 0 Å². The third-order valence-corrected chi connectivity index (χ3v) is 9.21. The second-order valence-corrected chi connectivity index (χ2v) is 11.8. The summed E-state index contributed by atoms with van der Waals surface area (Å²) in [5.74, 6) is 0. The first-order valence-electron chi connectivity index (χ1n) is 22.3. The molecule has 228 valence electrons. The summed E-state index contributed by atoms with van der Waals surface area (Å²) in [4.78, 5) is 0. The van der Waals surface area contributed by atoms with E-state index in [1.165, 1.54) is 0 Å². The Morgan fingerprint density at radius 3 is 1.65 bits per heavy atom. The highest BCUT2D eigenvalue weighted by molar-refractivity contribution is 6.24. The van der Waals surface area contributed by atoms with Gasteiger partial charge >= 0.3 is 0 Å². The van der Waals surface area contributed by atoms with Crippen molar-refractivity contribution in [2.24, 2.45) is 0 Å². The van der Waals surface area contributed by atoms with Gasteiger partial charge in [0.05, 0.1) is 17.8 Å². The summed E-state index contributed by atoms with van der Waals surface area (Å²) in [6, 6.07) is 24.7. The van der Waals surface area contributed by atoms with Crippen LogP contribution in [-0.4, -0.2) is 0 Å². The molecule has 0 atom stereocenters. The predicted molar refractivity (Wildman–Crippen MR) is 208 cm³/mol. The zero-order valence-electron chi connectivity index (χ0n) is 38.7. The Hall–Kier alpha value is -6.44. The van der Waals surface area contributed by atoms with Gasteiger partial charge in [0.15, 0.2) is 0 Å². The van der Waals surface area contributed by atoms with E-state index in [9.17, 15) is 5.48 Å². The van der Waals surface area contributed by atoms with Crippen LogP contribution in [0.15, 0.2) is 186 Å². The summed E-state index contributed by atoms with van der Waals surface area (Å²) in [5, 5.41) is 2.35. The Kier molecular flexibility index (Phi) is 3.99. The zero-order chi connectivity index (χ0) is 43.6. The lowest BCUT2D eigenvalue weighted by molar-refractivity contribution is 0.670. The van der Waals surface area contributed by atoms with Crippen LogP contribution in [0.3, 0.4) is 0 Å². The summed E-state index contributed by atoms with van der Waals surface area (Å²) in [6.45, 7) is 0. The molecule has 0 N–H and O–H groups in total. The van der Waals surface area contributed by atoms with Gasteiger partial charge in [-0.1, -0.05) is 170 Å². The molecule has 0 fully saturated rings. The van der Waals surface area contributed by atoms with Crippen molar-refractivity contribution in [3.63, 3.8) is 0 Å². The summed E-state index contributed by atoms with van der Waals surface area (Å²) < 4.78 is 122. The predicted octanol–water partition coefficient (Wildman–Crippen LogP) is 13.7. The Balaban J connectivity index is 1.35. The Morgan fingerprint density at radius 1 is 0.347 bits per heavy atom. The first kappa shape index (κ1) is 17.6. The molecular formula is C48H30O. The van der Waals surface area contributed by atoms with Gasteiger partial charge in [-0.3, -0.25) is 0 Å². The highest BCUT2D eigenvalue weighted by Gasteiger charge is 2.20. The maximum atomic E-state index is 9.40. The summed E-state index contributed by atoms with van der Waals surface area (Å²) in [6.07, 6.45) is 0. The topological polar surface area (TPSA) is 13.1 Å². The van der Waals surface area contributed by atoms with E-state index < -0.39 is 84.1 Å². The average Bonchev–Trinajstić information content (AvgIpc) is 3.68. The van der Waals surface area contributed by atoms with E-state index in [4.69, 9.17) is 16.8 Å². The van der Waals surface area contributed by atoms with E-state index in [2.05, 4.69) is 18.2 Å². The fraction of sp³-hybridized carbons (Fsp3) is 0. The van der Waals surface area contributed by atoms with Crippen molar-refractivity contribution in [3.8, 4) is 44.5 Å². The summed E-state index contributed by atoms with van der Waals surface area (Å²) in [5.41, 5.74) is 4.68. The SMILES string of the molecule is [2H]c1c([2H])c([2H])c(-c2c3c([2H])c([2H])c([2H])c([2H])c3c(-c3ccc(-c4cccc5c4oc4ccc(-c6ccccc6)cc45)c4ccccc34)c3c([2H])c([2H])c([2H])c([2H])c23)c([2H])c1[2H]. The van der Waals surface area contributed by atoms with Gasteiger partial charge in [-0.15, -0.1) is 0 Å². The van der Waals surface area contributed by atoms with E-state index in [1.54, 1.807) is 12.1 Å². The van der Waals surface area contributed by atoms with Crippen LogP contribution in [0.5, 0.6) is 0 Å².